The molecule has 0 aromatic carbocycles. The minimum atomic E-state index is -0.897. The van der Waals surface area contributed by atoms with Crippen LogP contribution in [0.4, 0.5) is 0 Å². The van der Waals surface area contributed by atoms with Crippen LogP contribution in [-0.2, 0) is 14.3 Å². The van der Waals surface area contributed by atoms with Gasteiger partial charge in [-0.2, -0.15) is 0 Å². The van der Waals surface area contributed by atoms with E-state index in [1.165, 1.54) is 6.20 Å². The lowest BCUT2D eigenvalue weighted by atomic mass is 10.0. The fourth-order valence-electron chi connectivity index (χ4n) is 1.27. The smallest absolute Gasteiger partial charge is 0.308 e. The first-order valence-corrected chi connectivity index (χ1v) is 5.38. The number of carbonyl (C=O) groups excluding carboxylic acids is 2. The second-order valence-electron chi connectivity index (χ2n) is 3.28. The van der Waals surface area contributed by atoms with Gasteiger partial charge in [-0.1, -0.05) is 13.3 Å². The summed E-state index contributed by atoms with van der Waals surface area (Å²) < 4.78 is 4.73. The molecule has 5 nitrogen and oxygen atoms in total. The van der Waals surface area contributed by atoms with Crippen molar-refractivity contribution in [3.8, 4) is 0 Å². The molecule has 0 aromatic heterocycles. The first-order valence-electron chi connectivity index (χ1n) is 5.38. The van der Waals surface area contributed by atoms with E-state index >= 15 is 0 Å². The monoisotopic (exact) mass is 229 g/mol. The van der Waals surface area contributed by atoms with Crippen molar-refractivity contribution in [1.82, 2.24) is 5.32 Å². The largest absolute Gasteiger partial charge is 0.466 e. The number of carbonyl (C=O) groups is 2. The second-order valence-corrected chi connectivity index (χ2v) is 3.28. The first-order chi connectivity index (χ1) is 7.65. The van der Waals surface area contributed by atoms with Gasteiger partial charge in [0.15, 0.2) is 0 Å². The second kappa shape index (κ2) is 8.91. The molecule has 0 saturated carbocycles. The number of nitrogens with one attached hydrogen (secondary N) is 1. The van der Waals surface area contributed by atoms with Gasteiger partial charge in [0, 0.05) is 6.20 Å². The van der Waals surface area contributed by atoms with E-state index in [2.05, 4.69) is 5.32 Å². The van der Waals surface area contributed by atoms with Gasteiger partial charge < -0.3 is 15.2 Å². The number of hydrogen-bond acceptors (Lipinski definition) is 4. The lowest BCUT2D eigenvalue weighted by molar-refractivity contribution is -0.144. The average Bonchev–Trinajstić information content (AvgIpc) is 2.24. The van der Waals surface area contributed by atoms with Crippen molar-refractivity contribution in [3.63, 3.8) is 0 Å². The van der Waals surface area contributed by atoms with Gasteiger partial charge in [-0.15, -0.1) is 0 Å². The lowest BCUT2D eigenvalue weighted by Crippen LogP contribution is -2.19. The zero-order valence-corrected chi connectivity index (χ0v) is 9.73. The number of rotatable bonds is 8. The van der Waals surface area contributed by atoms with Crippen LogP contribution in [0.2, 0.25) is 0 Å². The zero-order chi connectivity index (χ0) is 12.4. The Hall–Kier alpha value is -1.36. The molecule has 0 spiro atoms. The quantitative estimate of drug-likeness (QED) is 0.475. The Morgan fingerprint density at radius 3 is 2.69 bits per heavy atom. The number of aliphatic hydroxyl groups excluding tert-OH is 1. The van der Waals surface area contributed by atoms with Crippen LogP contribution < -0.4 is 5.32 Å². The van der Waals surface area contributed by atoms with Crippen molar-refractivity contribution in [1.29, 1.82) is 0 Å². The van der Waals surface area contributed by atoms with E-state index in [0.717, 1.165) is 6.42 Å². The lowest BCUT2D eigenvalue weighted by Gasteiger charge is -2.13. The summed E-state index contributed by atoms with van der Waals surface area (Å²) in [5.41, 5.74) is 0.627. The van der Waals surface area contributed by atoms with E-state index in [4.69, 9.17) is 4.74 Å². The summed E-state index contributed by atoms with van der Waals surface area (Å²) in [4.78, 5) is 21.3. The fraction of sp³-hybridized carbons (Fsp3) is 0.636. The summed E-state index contributed by atoms with van der Waals surface area (Å²) in [7, 11) is 0. The maximum Gasteiger partial charge on any atom is 0.308 e. The zero-order valence-electron chi connectivity index (χ0n) is 9.73. The third-order valence-corrected chi connectivity index (χ3v) is 1.97. The fourth-order valence-corrected chi connectivity index (χ4v) is 1.27. The molecule has 2 N–H and O–H groups in total. The summed E-state index contributed by atoms with van der Waals surface area (Å²) in [6.45, 7) is 3.96. The van der Waals surface area contributed by atoms with Crippen molar-refractivity contribution < 1.29 is 19.4 Å². The third kappa shape index (κ3) is 6.19. The van der Waals surface area contributed by atoms with E-state index in [1.807, 2.05) is 6.92 Å². The van der Waals surface area contributed by atoms with Crippen LogP contribution in [0.3, 0.4) is 0 Å². The minimum Gasteiger partial charge on any atom is -0.466 e. The predicted molar refractivity (Wildman–Crippen MR) is 59.4 cm³/mol. The number of hydrogen-bond donors (Lipinski definition) is 2. The topological polar surface area (TPSA) is 75.6 Å². The van der Waals surface area contributed by atoms with E-state index < -0.39 is 12.1 Å². The molecule has 0 aliphatic rings. The Bertz CT molecular complexity index is 250. The van der Waals surface area contributed by atoms with E-state index in [0.29, 0.717) is 25.0 Å². The Kier molecular flexibility index (Phi) is 8.15. The van der Waals surface area contributed by atoms with Crippen LogP contribution in [0.5, 0.6) is 0 Å². The van der Waals surface area contributed by atoms with Crippen LogP contribution in [0.25, 0.3) is 0 Å². The Morgan fingerprint density at radius 2 is 2.19 bits per heavy atom. The molecule has 0 radical (unpaired) electrons. The van der Waals surface area contributed by atoms with E-state index in [-0.39, 0.29) is 6.42 Å². The highest BCUT2D eigenvalue weighted by Crippen LogP contribution is 2.12. The van der Waals surface area contributed by atoms with E-state index in [1.54, 1.807) is 6.92 Å². The molecular weight excluding hydrogens is 210 g/mol. The van der Waals surface area contributed by atoms with Crippen molar-refractivity contribution in [2.45, 2.75) is 39.2 Å². The van der Waals surface area contributed by atoms with Crippen LogP contribution in [-0.4, -0.2) is 30.2 Å². The Morgan fingerprint density at radius 1 is 1.50 bits per heavy atom. The van der Waals surface area contributed by atoms with Gasteiger partial charge >= 0.3 is 5.97 Å². The van der Waals surface area contributed by atoms with Gasteiger partial charge in [-0.3, -0.25) is 9.59 Å². The summed E-state index contributed by atoms with van der Waals surface area (Å²) in [6.07, 6.45) is 2.42. The van der Waals surface area contributed by atoms with Gasteiger partial charge in [0.1, 0.15) is 0 Å². The molecule has 0 aromatic rings. The van der Waals surface area contributed by atoms with Gasteiger partial charge in [-0.25, -0.2) is 0 Å². The summed E-state index contributed by atoms with van der Waals surface area (Å²) in [5, 5.41) is 12.1. The van der Waals surface area contributed by atoms with Gasteiger partial charge in [0.05, 0.1) is 19.1 Å². The molecule has 1 amide bonds. The maximum atomic E-state index is 11.1. The normalized spacial score (nSPS) is 13.1. The highest BCUT2D eigenvalue weighted by Gasteiger charge is 2.15. The van der Waals surface area contributed by atoms with Crippen LogP contribution >= 0.6 is 0 Å². The molecule has 5 heteroatoms. The van der Waals surface area contributed by atoms with Crippen molar-refractivity contribution >= 4 is 12.4 Å². The molecule has 0 fully saturated rings. The molecule has 0 aliphatic heterocycles. The third-order valence-electron chi connectivity index (χ3n) is 1.97. The SMILES string of the molecule is CCCC(=CNC=O)C(O)CC(=O)OCC. The van der Waals surface area contributed by atoms with Crippen LogP contribution in [0, 0.1) is 0 Å². The van der Waals surface area contributed by atoms with E-state index in [9.17, 15) is 14.7 Å². The van der Waals surface area contributed by atoms with Gasteiger partial charge in [0.2, 0.25) is 6.41 Å². The van der Waals surface area contributed by atoms with Crippen molar-refractivity contribution in [2.75, 3.05) is 6.61 Å². The standard InChI is InChI=1S/C11H19NO4/c1-3-5-9(7-12-8-13)10(14)6-11(15)16-4-2/h7-8,10,14H,3-6H2,1-2H3,(H,12,13). The molecule has 0 aliphatic carbocycles. The minimum absolute atomic E-state index is 0.0831. The van der Waals surface area contributed by atoms with Crippen LogP contribution in [0.1, 0.15) is 33.1 Å². The molecular formula is C11H19NO4. The van der Waals surface area contributed by atoms with Crippen LogP contribution in [0.15, 0.2) is 11.8 Å². The number of ether oxygens (including phenoxy) is 1. The highest BCUT2D eigenvalue weighted by molar-refractivity contribution is 5.70. The maximum absolute atomic E-state index is 11.1. The van der Waals surface area contributed by atoms with Crippen molar-refractivity contribution in [2.24, 2.45) is 0 Å². The summed E-state index contributed by atoms with van der Waals surface area (Å²) >= 11 is 0. The molecule has 0 rings (SSSR count). The molecule has 1 unspecified atom stereocenters. The molecule has 92 valence electrons. The first kappa shape index (κ1) is 14.6. The Balaban J connectivity index is 4.30. The molecule has 1 atom stereocenters. The van der Waals surface area contributed by atoms with Crippen molar-refractivity contribution in [3.05, 3.63) is 11.8 Å². The number of aliphatic hydroxyl groups is 1. The average molecular weight is 229 g/mol. The predicted octanol–water partition coefficient (Wildman–Crippen LogP) is 0.731. The molecule has 16 heavy (non-hydrogen) atoms. The number of esters is 1. The summed E-state index contributed by atoms with van der Waals surface area (Å²) in [5.74, 6) is -0.442. The Labute approximate surface area is 95.5 Å². The van der Waals surface area contributed by atoms with Gasteiger partial charge in [0.25, 0.3) is 0 Å². The molecule has 0 saturated heterocycles. The molecule has 0 heterocycles. The summed E-state index contributed by atoms with van der Waals surface area (Å²) in [6, 6.07) is 0. The van der Waals surface area contributed by atoms with Gasteiger partial charge in [-0.05, 0) is 18.9 Å². The highest BCUT2D eigenvalue weighted by atomic mass is 16.5. The molecule has 0 bridgehead atoms. The number of amides is 1.